The minimum atomic E-state index is -0.221. The summed E-state index contributed by atoms with van der Waals surface area (Å²) in [6, 6.07) is 15.1. The van der Waals surface area contributed by atoms with Gasteiger partial charge in [-0.15, -0.1) is 11.8 Å². The number of nitrogens with one attached hydrogen (secondary N) is 1. The number of benzene rings is 2. The SMILES string of the molecule is CSc1cccc(NC(=O)Cn2c(=O)n(C)c3ccccc32)c1. The van der Waals surface area contributed by atoms with E-state index in [1.165, 1.54) is 4.57 Å². The van der Waals surface area contributed by atoms with Crippen LogP contribution in [0.2, 0.25) is 0 Å². The van der Waals surface area contributed by atoms with Crippen LogP contribution in [0.25, 0.3) is 11.0 Å². The van der Waals surface area contributed by atoms with Crippen LogP contribution in [-0.2, 0) is 18.4 Å². The number of imidazole rings is 1. The van der Waals surface area contributed by atoms with Crippen molar-refractivity contribution in [2.45, 2.75) is 11.4 Å². The number of carbonyl (C=O) groups is 1. The first-order chi connectivity index (χ1) is 11.1. The van der Waals surface area contributed by atoms with Crippen molar-refractivity contribution in [2.75, 3.05) is 11.6 Å². The number of para-hydroxylation sites is 2. The zero-order valence-corrected chi connectivity index (χ0v) is 13.8. The van der Waals surface area contributed by atoms with Crippen molar-refractivity contribution in [3.8, 4) is 0 Å². The summed E-state index contributed by atoms with van der Waals surface area (Å²) < 4.78 is 3.04. The summed E-state index contributed by atoms with van der Waals surface area (Å²) in [5.74, 6) is -0.221. The molecule has 1 aromatic heterocycles. The molecule has 0 aliphatic heterocycles. The molecule has 118 valence electrons. The Morgan fingerprint density at radius 2 is 1.87 bits per heavy atom. The lowest BCUT2D eigenvalue weighted by Gasteiger charge is -2.07. The van der Waals surface area contributed by atoms with Gasteiger partial charge in [-0.25, -0.2) is 4.79 Å². The van der Waals surface area contributed by atoms with Gasteiger partial charge in [-0.05, 0) is 36.6 Å². The van der Waals surface area contributed by atoms with Crippen molar-refractivity contribution in [3.63, 3.8) is 0 Å². The molecule has 2 aromatic carbocycles. The third-order valence-electron chi connectivity index (χ3n) is 3.71. The van der Waals surface area contributed by atoms with Crippen LogP contribution in [0.5, 0.6) is 0 Å². The maximum absolute atomic E-state index is 12.3. The van der Waals surface area contributed by atoms with E-state index in [-0.39, 0.29) is 18.1 Å². The molecule has 3 aromatic rings. The highest BCUT2D eigenvalue weighted by Crippen LogP contribution is 2.19. The van der Waals surface area contributed by atoms with Crippen molar-refractivity contribution < 1.29 is 4.79 Å². The van der Waals surface area contributed by atoms with Gasteiger partial charge in [0.25, 0.3) is 0 Å². The molecule has 0 bridgehead atoms. The molecule has 0 aliphatic carbocycles. The van der Waals surface area contributed by atoms with Crippen molar-refractivity contribution in [1.82, 2.24) is 9.13 Å². The Balaban J connectivity index is 1.86. The lowest BCUT2D eigenvalue weighted by Crippen LogP contribution is -2.28. The van der Waals surface area contributed by atoms with Crippen LogP contribution >= 0.6 is 11.8 Å². The van der Waals surface area contributed by atoms with Crippen molar-refractivity contribution in [1.29, 1.82) is 0 Å². The number of aryl methyl sites for hydroxylation is 1. The number of fused-ring (bicyclic) bond motifs is 1. The van der Waals surface area contributed by atoms with Gasteiger partial charge in [0.15, 0.2) is 0 Å². The normalized spacial score (nSPS) is 10.9. The molecule has 3 rings (SSSR count). The average molecular weight is 327 g/mol. The first-order valence-corrected chi connectivity index (χ1v) is 8.41. The Morgan fingerprint density at radius 1 is 1.13 bits per heavy atom. The lowest BCUT2D eigenvalue weighted by atomic mass is 10.3. The predicted molar refractivity (Wildman–Crippen MR) is 94.0 cm³/mol. The molecular weight excluding hydrogens is 310 g/mol. The summed E-state index contributed by atoms with van der Waals surface area (Å²) in [4.78, 5) is 25.7. The molecule has 23 heavy (non-hydrogen) atoms. The fourth-order valence-electron chi connectivity index (χ4n) is 2.56. The van der Waals surface area contributed by atoms with Crippen molar-refractivity contribution in [3.05, 3.63) is 59.0 Å². The van der Waals surface area contributed by atoms with E-state index in [0.29, 0.717) is 0 Å². The number of carbonyl (C=O) groups excluding carboxylic acids is 1. The molecule has 6 heteroatoms. The fourth-order valence-corrected chi connectivity index (χ4v) is 3.02. The summed E-state index contributed by atoms with van der Waals surface area (Å²) in [5.41, 5.74) is 2.11. The second kappa shape index (κ2) is 6.34. The van der Waals surface area contributed by atoms with Crippen LogP contribution in [0.4, 0.5) is 5.69 Å². The third-order valence-corrected chi connectivity index (χ3v) is 4.43. The van der Waals surface area contributed by atoms with Gasteiger partial charge in [0.05, 0.1) is 11.0 Å². The van der Waals surface area contributed by atoms with Gasteiger partial charge in [-0.3, -0.25) is 13.9 Å². The zero-order valence-electron chi connectivity index (χ0n) is 12.9. The van der Waals surface area contributed by atoms with Gasteiger partial charge in [-0.2, -0.15) is 0 Å². The van der Waals surface area contributed by atoms with Crippen LogP contribution in [0.1, 0.15) is 0 Å². The molecule has 0 radical (unpaired) electrons. The number of hydrogen-bond donors (Lipinski definition) is 1. The molecule has 1 heterocycles. The Hall–Kier alpha value is -2.47. The quantitative estimate of drug-likeness (QED) is 0.750. The Bertz CT molecular complexity index is 927. The van der Waals surface area contributed by atoms with Gasteiger partial charge in [0, 0.05) is 17.6 Å². The van der Waals surface area contributed by atoms with Crippen LogP contribution in [0, 0.1) is 0 Å². The number of rotatable bonds is 4. The molecule has 0 atom stereocenters. The van der Waals surface area contributed by atoms with Gasteiger partial charge in [-0.1, -0.05) is 18.2 Å². The van der Waals surface area contributed by atoms with E-state index >= 15 is 0 Å². The zero-order chi connectivity index (χ0) is 16.4. The minimum absolute atomic E-state index is 0.0102. The number of amides is 1. The van der Waals surface area contributed by atoms with E-state index in [1.807, 2.05) is 54.8 Å². The van der Waals surface area contributed by atoms with E-state index in [1.54, 1.807) is 23.4 Å². The van der Waals surface area contributed by atoms with Crippen LogP contribution < -0.4 is 11.0 Å². The van der Waals surface area contributed by atoms with E-state index in [2.05, 4.69) is 5.32 Å². The highest BCUT2D eigenvalue weighted by molar-refractivity contribution is 7.98. The molecule has 1 amide bonds. The van der Waals surface area contributed by atoms with Crippen molar-refractivity contribution in [2.24, 2.45) is 7.05 Å². The topological polar surface area (TPSA) is 56.0 Å². The highest BCUT2D eigenvalue weighted by atomic mass is 32.2. The van der Waals surface area contributed by atoms with E-state index in [4.69, 9.17) is 0 Å². The molecule has 0 fully saturated rings. The maximum atomic E-state index is 12.3. The van der Waals surface area contributed by atoms with Gasteiger partial charge < -0.3 is 5.32 Å². The van der Waals surface area contributed by atoms with Crippen molar-refractivity contribution >= 4 is 34.4 Å². The number of hydrogen-bond acceptors (Lipinski definition) is 3. The standard InChI is InChI=1S/C17H17N3O2S/c1-19-14-8-3-4-9-15(14)20(17(19)22)11-16(21)18-12-6-5-7-13(10-12)23-2/h3-10H,11H2,1-2H3,(H,18,21). The Labute approximate surface area is 137 Å². The summed E-state index contributed by atoms with van der Waals surface area (Å²) in [6.45, 7) is -0.0102. The second-order valence-electron chi connectivity index (χ2n) is 5.20. The molecule has 0 spiro atoms. The monoisotopic (exact) mass is 327 g/mol. The summed E-state index contributed by atoms with van der Waals surface area (Å²) >= 11 is 1.61. The molecule has 5 nitrogen and oxygen atoms in total. The van der Waals surface area contributed by atoms with Crippen LogP contribution in [-0.4, -0.2) is 21.3 Å². The number of aromatic nitrogens is 2. The van der Waals surface area contributed by atoms with Gasteiger partial charge in [0.1, 0.15) is 6.54 Å². The predicted octanol–water partition coefficient (Wildman–Crippen LogP) is 2.70. The largest absolute Gasteiger partial charge is 0.329 e. The van der Waals surface area contributed by atoms with E-state index in [0.717, 1.165) is 21.6 Å². The summed E-state index contributed by atoms with van der Waals surface area (Å²) in [6.07, 6.45) is 1.98. The minimum Gasteiger partial charge on any atom is -0.324 e. The third kappa shape index (κ3) is 3.03. The van der Waals surface area contributed by atoms with E-state index in [9.17, 15) is 9.59 Å². The number of nitrogens with zero attached hydrogens (tertiary/aromatic N) is 2. The average Bonchev–Trinajstić information content (AvgIpc) is 2.80. The van der Waals surface area contributed by atoms with Gasteiger partial charge >= 0.3 is 5.69 Å². The first-order valence-electron chi connectivity index (χ1n) is 7.18. The molecule has 0 saturated heterocycles. The Kier molecular flexibility index (Phi) is 4.25. The molecular formula is C17H17N3O2S. The van der Waals surface area contributed by atoms with Crippen LogP contribution in [0.3, 0.4) is 0 Å². The second-order valence-corrected chi connectivity index (χ2v) is 6.08. The smallest absolute Gasteiger partial charge is 0.324 e. The summed E-state index contributed by atoms with van der Waals surface area (Å²) in [7, 11) is 1.71. The number of anilines is 1. The number of thioether (sulfide) groups is 1. The van der Waals surface area contributed by atoms with Crippen LogP contribution in [0.15, 0.2) is 58.2 Å². The fraction of sp³-hybridized carbons (Fsp3) is 0.176. The first kappa shape index (κ1) is 15.4. The maximum Gasteiger partial charge on any atom is 0.329 e. The molecule has 0 aliphatic rings. The van der Waals surface area contributed by atoms with E-state index < -0.39 is 0 Å². The lowest BCUT2D eigenvalue weighted by molar-refractivity contribution is -0.116. The molecule has 0 saturated carbocycles. The molecule has 1 N–H and O–H groups in total. The molecule has 0 unspecified atom stereocenters. The summed E-state index contributed by atoms with van der Waals surface area (Å²) in [5, 5.41) is 2.85. The van der Waals surface area contributed by atoms with Gasteiger partial charge in [0.2, 0.25) is 5.91 Å². The highest BCUT2D eigenvalue weighted by Gasteiger charge is 2.13. The Morgan fingerprint density at radius 3 is 2.61 bits per heavy atom.